The second kappa shape index (κ2) is 9.01. The van der Waals surface area contributed by atoms with E-state index in [1.165, 1.54) is 42.8 Å². The first kappa shape index (κ1) is 20.7. The second-order valence-electron chi connectivity index (χ2n) is 8.51. The Balaban J connectivity index is 1.48. The third kappa shape index (κ3) is 4.90. The van der Waals surface area contributed by atoms with E-state index < -0.39 is 0 Å². The number of benzene rings is 1. The monoisotopic (exact) mass is 401 g/mol. The van der Waals surface area contributed by atoms with Gasteiger partial charge in [-0.25, -0.2) is 0 Å². The smallest absolute Gasteiger partial charge is 0.0772 e. The maximum atomic E-state index is 6.06. The highest BCUT2D eigenvalue weighted by Gasteiger charge is 2.52. The fourth-order valence-corrected chi connectivity index (χ4v) is 6.00. The summed E-state index contributed by atoms with van der Waals surface area (Å²) in [5.74, 6) is 3.50. The van der Waals surface area contributed by atoms with Crippen LogP contribution in [-0.2, 0) is 0 Å². The zero-order chi connectivity index (χ0) is 19.4. The van der Waals surface area contributed by atoms with Gasteiger partial charge >= 0.3 is 0 Å². The van der Waals surface area contributed by atoms with Gasteiger partial charge in [0.1, 0.15) is 0 Å². The summed E-state index contributed by atoms with van der Waals surface area (Å²) < 4.78 is 0. The summed E-state index contributed by atoms with van der Waals surface area (Å²) in [4.78, 5) is 5.32. The van der Waals surface area contributed by atoms with Crippen LogP contribution in [0.25, 0.3) is 0 Å². The molecule has 1 unspecified atom stereocenters. The Kier molecular flexibility index (Phi) is 6.92. The van der Waals surface area contributed by atoms with Gasteiger partial charge in [-0.2, -0.15) is 0 Å². The summed E-state index contributed by atoms with van der Waals surface area (Å²) >= 11 is 7.97. The van der Waals surface area contributed by atoms with Crippen LogP contribution in [0.2, 0.25) is 5.02 Å². The van der Waals surface area contributed by atoms with E-state index in [-0.39, 0.29) is 0 Å². The molecule has 2 aliphatic carbocycles. The van der Waals surface area contributed by atoms with Crippen molar-refractivity contribution >= 4 is 35.8 Å². The summed E-state index contributed by atoms with van der Waals surface area (Å²) in [6, 6.07) is 5.93. The Labute approximate surface area is 174 Å². The molecule has 2 saturated carbocycles. The van der Waals surface area contributed by atoms with Gasteiger partial charge in [0.25, 0.3) is 0 Å². The number of thioether (sulfide) groups is 1. The minimum atomic E-state index is 0.644. The maximum Gasteiger partial charge on any atom is 0.0772 e. The lowest BCUT2D eigenvalue weighted by atomic mass is 9.47. The highest BCUT2D eigenvalue weighted by atomic mass is 35.5. The van der Waals surface area contributed by atoms with E-state index in [9.17, 15) is 0 Å². The first-order chi connectivity index (χ1) is 13.0. The van der Waals surface area contributed by atoms with Gasteiger partial charge in [0.05, 0.1) is 5.69 Å². The summed E-state index contributed by atoms with van der Waals surface area (Å²) in [5.41, 5.74) is 3.14. The van der Waals surface area contributed by atoms with Gasteiger partial charge in [-0.15, -0.1) is 11.8 Å². The van der Waals surface area contributed by atoms with Crippen LogP contribution in [-0.4, -0.2) is 12.5 Å². The van der Waals surface area contributed by atoms with Crippen LogP contribution in [0.3, 0.4) is 0 Å². The lowest BCUT2D eigenvalue weighted by molar-refractivity contribution is -0.0462. The minimum Gasteiger partial charge on any atom is -0.263 e. The van der Waals surface area contributed by atoms with Crippen molar-refractivity contribution in [2.45, 2.75) is 57.8 Å². The van der Waals surface area contributed by atoms with E-state index in [0.717, 1.165) is 22.5 Å². The number of hydrogen-bond acceptors (Lipinski definition) is 2. The number of hydrogen-bond donors (Lipinski definition) is 0. The minimum absolute atomic E-state index is 0.644. The van der Waals surface area contributed by atoms with Gasteiger partial charge < -0.3 is 0 Å². The Bertz CT molecular complexity index is 722. The third-order valence-corrected chi connectivity index (χ3v) is 7.85. The second-order valence-corrected chi connectivity index (χ2v) is 10.0. The molecule has 0 heterocycles. The Hall–Kier alpha value is -0.990. The molecule has 1 nitrogen and oxygen atoms in total. The standard InChI is InChI=1S/C24H32ClNS/c1-5-7-19(10-17(3)6-2)20-14-24(15-20)12-18(13-24)16-27-23-9-8-21(25)11-22(23)26-4/h5,7-11,17-18,20H,4,6,12-16H2,1-3H3/b7-5-,19-10+. The molecule has 0 bridgehead atoms. The average molecular weight is 402 g/mol. The summed E-state index contributed by atoms with van der Waals surface area (Å²) in [6.45, 7) is 10.4. The van der Waals surface area contributed by atoms with E-state index in [0.29, 0.717) is 11.3 Å². The molecule has 3 heteroatoms. The molecule has 0 amide bonds. The molecule has 0 radical (unpaired) electrons. The Morgan fingerprint density at radius 2 is 2.11 bits per heavy atom. The molecule has 1 spiro atoms. The molecule has 27 heavy (non-hydrogen) atoms. The van der Waals surface area contributed by atoms with Crippen molar-refractivity contribution in [3.8, 4) is 0 Å². The maximum absolute atomic E-state index is 6.06. The molecule has 0 N–H and O–H groups in total. The fraction of sp³-hybridized carbons (Fsp3) is 0.542. The largest absolute Gasteiger partial charge is 0.263 e. The average Bonchev–Trinajstić information content (AvgIpc) is 2.59. The van der Waals surface area contributed by atoms with Gasteiger partial charge in [-0.05, 0) is 86.3 Å². The number of halogens is 1. The lowest BCUT2D eigenvalue weighted by Gasteiger charge is -2.58. The zero-order valence-electron chi connectivity index (χ0n) is 16.9. The van der Waals surface area contributed by atoms with Crippen molar-refractivity contribution in [3.63, 3.8) is 0 Å². The van der Waals surface area contributed by atoms with Gasteiger partial charge in [-0.1, -0.05) is 50.1 Å². The summed E-state index contributed by atoms with van der Waals surface area (Å²) in [5, 5.41) is 0.729. The molecule has 3 rings (SSSR count). The molecule has 0 aromatic heterocycles. The molecule has 2 aliphatic rings. The van der Waals surface area contributed by atoms with Crippen LogP contribution < -0.4 is 0 Å². The molecule has 2 fully saturated rings. The molecule has 1 aromatic carbocycles. The lowest BCUT2D eigenvalue weighted by Crippen LogP contribution is -2.48. The van der Waals surface area contributed by atoms with Crippen LogP contribution in [0.4, 0.5) is 5.69 Å². The Morgan fingerprint density at radius 3 is 2.74 bits per heavy atom. The highest BCUT2D eigenvalue weighted by molar-refractivity contribution is 7.99. The van der Waals surface area contributed by atoms with Crippen molar-refractivity contribution in [1.29, 1.82) is 0 Å². The van der Waals surface area contributed by atoms with Gasteiger partial charge in [0, 0.05) is 15.7 Å². The summed E-state index contributed by atoms with van der Waals surface area (Å²) in [7, 11) is 0. The van der Waals surface area contributed by atoms with Crippen molar-refractivity contribution in [2.75, 3.05) is 5.75 Å². The van der Waals surface area contributed by atoms with E-state index >= 15 is 0 Å². The predicted octanol–water partition coefficient (Wildman–Crippen LogP) is 8.12. The van der Waals surface area contributed by atoms with Crippen LogP contribution >= 0.6 is 23.4 Å². The van der Waals surface area contributed by atoms with Crippen molar-refractivity contribution in [3.05, 3.63) is 47.0 Å². The third-order valence-electron chi connectivity index (χ3n) is 6.32. The molecular weight excluding hydrogens is 370 g/mol. The zero-order valence-corrected chi connectivity index (χ0v) is 18.5. The molecule has 0 saturated heterocycles. The first-order valence-electron chi connectivity index (χ1n) is 10.2. The molecule has 0 aliphatic heterocycles. The van der Waals surface area contributed by atoms with E-state index in [2.05, 4.69) is 56.8 Å². The first-order valence-corrected chi connectivity index (χ1v) is 11.6. The van der Waals surface area contributed by atoms with E-state index in [1.54, 1.807) is 5.57 Å². The topological polar surface area (TPSA) is 12.4 Å². The number of allylic oxidation sites excluding steroid dienone is 4. The van der Waals surface area contributed by atoms with Crippen LogP contribution in [0.1, 0.15) is 52.9 Å². The summed E-state index contributed by atoms with van der Waals surface area (Å²) in [6.07, 6.45) is 13.9. The van der Waals surface area contributed by atoms with Crippen molar-refractivity contribution < 1.29 is 0 Å². The number of aliphatic imine (C=N–C) groups is 1. The predicted molar refractivity (Wildman–Crippen MR) is 122 cm³/mol. The normalized spacial score (nSPS) is 28.8. The fourth-order valence-electron chi connectivity index (χ4n) is 4.75. The van der Waals surface area contributed by atoms with Gasteiger partial charge in [0.2, 0.25) is 0 Å². The van der Waals surface area contributed by atoms with E-state index in [1.807, 2.05) is 23.9 Å². The Morgan fingerprint density at radius 1 is 1.37 bits per heavy atom. The number of nitrogens with zero attached hydrogens (tertiary/aromatic N) is 1. The molecule has 1 atom stereocenters. The molecule has 1 aromatic rings. The molecular formula is C24H32ClNS. The van der Waals surface area contributed by atoms with Gasteiger partial charge in [0.15, 0.2) is 0 Å². The van der Waals surface area contributed by atoms with Crippen LogP contribution in [0, 0.1) is 23.2 Å². The van der Waals surface area contributed by atoms with Crippen molar-refractivity contribution in [2.24, 2.45) is 28.2 Å². The molecule has 146 valence electrons. The van der Waals surface area contributed by atoms with Gasteiger partial charge in [-0.3, -0.25) is 4.99 Å². The highest BCUT2D eigenvalue weighted by Crippen LogP contribution is 2.63. The quantitative estimate of drug-likeness (QED) is 0.243. The van der Waals surface area contributed by atoms with Crippen LogP contribution in [0.5, 0.6) is 0 Å². The van der Waals surface area contributed by atoms with E-state index in [4.69, 9.17) is 11.6 Å². The SMILES string of the molecule is C=Nc1cc(Cl)ccc1SCC1CC2(C1)CC(C(/C=C\C)=C/C(C)CC)C2. The number of rotatable bonds is 8. The van der Waals surface area contributed by atoms with Crippen molar-refractivity contribution in [1.82, 2.24) is 0 Å². The van der Waals surface area contributed by atoms with Crippen LogP contribution in [0.15, 0.2) is 51.9 Å².